The van der Waals surface area contributed by atoms with Crippen LogP contribution in [0, 0.1) is 5.92 Å². The Hall–Kier alpha value is -3.08. The maximum absolute atomic E-state index is 12.2. The van der Waals surface area contributed by atoms with Crippen LogP contribution in [-0.2, 0) is 6.54 Å². The van der Waals surface area contributed by atoms with Crippen molar-refractivity contribution >= 4 is 17.1 Å². The molecule has 3 rings (SSSR count). The number of aromatic nitrogens is 1. The molecule has 0 unspecified atom stereocenters. The predicted molar refractivity (Wildman–Crippen MR) is 154 cm³/mol. The monoisotopic (exact) mass is 497 g/mol. The minimum absolute atomic E-state index is 0.216. The second-order valence-corrected chi connectivity index (χ2v) is 8.83. The SMILES string of the molecule is C=C(/C=C(\C)c1cc(=O)c(C(=O)O)cn1CCC)c1ccccc1OC1CC1.CC.CC.CC(C)C. The Morgan fingerprint density at radius 2 is 1.69 bits per heavy atom. The van der Waals surface area contributed by atoms with Gasteiger partial charge in [-0.25, -0.2) is 4.79 Å². The average molecular weight is 498 g/mol. The highest BCUT2D eigenvalue weighted by atomic mass is 16.5. The number of carboxylic acids is 1. The number of benzene rings is 1. The van der Waals surface area contributed by atoms with E-state index in [1.807, 2.05) is 76.5 Å². The van der Waals surface area contributed by atoms with Crippen LogP contribution in [0.2, 0.25) is 0 Å². The Labute approximate surface area is 218 Å². The van der Waals surface area contributed by atoms with Crippen molar-refractivity contribution in [2.24, 2.45) is 5.92 Å². The van der Waals surface area contributed by atoms with Gasteiger partial charge in [0.25, 0.3) is 0 Å². The third-order valence-electron chi connectivity index (χ3n) is 4.67. The molecule has 1 aliphatic rings. The lowest BCUT2D eigenvalue weighted by Crippen LogP contribution is -2.19. The fourth-order valence-corrected chi connectivity index (χ4v) is 3.11. The van der Waals surface area contributed by atoms with Gasteiger partial charge in [-0.05, 0) is 55.4 Å². The molecule has 0 atom stereocenters. The molecule has 1 fully saturated rings. The van der Waals surface area contributed by atoms with Crippen molar-refractivity contribution in [3.63, 3.8) is 0 Å². The van der Waals surface area contributed by atoms with Crippen LogP contribution < -0.4 is 10.2 Å². The van der Waals surface area contributed by atoms with Crippen molar-refractivity contribution in [1.29, 1.82) is 0 Å². The van der Waals surface area contributed by atoms with E-state index in [4.69, 9.17) is 4.74 Å². The number of aromatic carboxylic acids is 1. The summed E-state index contributed by atoms with van der Waals surface area (Å²) in [5, 5.41) is 9.23. The van der Waals surface area contributed by atoms with Gasteiger partial charge in [-0.1, -0.05) is 80.2 Å². The third-order valence-corrected chi connectivity index (χ3v) is 4.67. The van der Waals surface area contributed by atoms with E-state index in [1.165, 1.54) is 12.3 Å². The van der Waals surface area contributed by atoms with Crippen LogP contribution in [0.3, 0.4) is 0 Å². The minimum Gasteiger partial charge on any atom is -0.490 e. The number of allylic oxidation sites excluding steroid dienone is 3. The van der Waals surface area contributed by atoms with Gasteiger partial charge in [-0.3, -0.25) is 4.79 Å². The van der Waals surface area contributed by atoms with Crippen molar-refractivity contribution in [2.45, 2.75) is 94.2 Å². The van der Waals surface area contributed by atoms with Gasteiger partial charge in [0, 0.05) is 30.1 Å². The largest absolute Gasteiger partial charge is 0.490 e. The third kappa shape index (κ3) is 11.1. The van der Waals surface area contributed by atoms with E-state index in [2.05, 4.69) is 27.4 Å². The molecule has 1 saturated carbocycles. The van der Waals surface area contributed by atoms with Crippen molar-refractivity contribution < 1.29 is 14.6 Å². The molecule has 1 heterocycles. The molecule has 0 bridgehead atoms. The van der Waals surface area contributed by atoms with E-state index >= 15 is 0 Å². The Kier molecular flexibility index (Phi) is 15.9. The van der Waals surface area contributed by atoms with E-state index in [-0.39, 0.29) is 11.7 Å². The zero-order chi connectivity index (χ0) is 27.8. The summed E-state index contributed by atoms with van der Waals surface area (Å²) in [5.74, 6) is 0.435. The number of carboxylic acid groups (broad SMARTS) is 1. The summed E-state index contributed by atoms with van der Waals surface area (Å²) >= 11 is 0. The zero-order valence-corrected chi connectivity index (χ0v) is 23.9. The van der Waals surface area contributed by atoms with Crippen LogP contribution in [0.25, 0.3) is 11.1 Å². The molecule has 0 spiro atoms. The van der Waals surface area contributed by atoms with Gasteiger partial charge in [0.2, 0.25) is 0 Å². The molecule has 0 radical (unpaired) electrons. The minimum atomic E-state index is -1.21. The average Bonchev–Trinajstić information content (AvgIpc) is 3.66. The van der Waals surface area contributed by atoms with Crippen molar-refractivity contribution in [3.05, 3.63) is 76.2 Å². The van der Waals surface area contributed by atoms with Gasteiger partial charge in [0.1, 0.15) is 11.3 Å². The highest BCUT2D eigenvalue weighted by molar-refractivity contribution is 5.88. The number of para-hydroxylation sites is 1. The van der Waals surface area contributed by atoms with Gasteiger partial charge in [-0.15, -0.1) is 0 Å². The molecule has 1 aliphatic carbocycles. The number of nitrogens with zero attached hydrogens (tertiary/aromatic N) is 1. The first-order valence-corrected chi connectivity index (χ1v) is 13.2. The number of hydrogen-bond donors (Lipinski definition) is 1. The van der Waals surface area contributed by atoms with Gasteiger partial charge in [0.15, 0.2) is 5.43 Å². The second-order valence-electron chi connectivity index (χ2n) is 8.83. The summed E-state index contributed by atoms with van der Waals surface area (Å²) in [4.78, 5) is 23.5. The van der Waals surface area contributed by atoms with E-state index in [1.54, 1.807) is 0 Å². The topological polar surface area (TPSA) is 68.5 Å². The molecule has 1 aromatic heterocycles. The van der Waals surface area contributed by atoms with E-state index < -0.39 is 11.4 Å². The smallest absolute Gasteiger partial charge is 0.341 e. The summed E-state index contributed by atoms with van der Waals surface area (Å²) in [7, 11) is 0. The Morgan fingerprint density at radius 1 is 1.14 bits per heavy atom. The van der Waals surface area contributed by atoms with Crippen LogP contribution in [0.4, 0.5) is 0 Å². The van der Waals surface area contributed by atoms with E-state index in [0.29, 0.717) is 12.2 Å². The van der Waals surface area contributed by atoms with Crippen LogP contribution in [0.1, 0.15) is 103 Å². The van der Waals surface area contributed by atoms with Crippen LogP contribution in [0.5, 0.6) is 5.75 Å². The molecule has 0 saturated heterocycles. The molecule has 36 heavy (non-hydrogen) atoms. The number of carbonyl (C=O) groups is 1. The fourth-order valence-electron chi connectivity index (χ4n) is 3.11. The molecular weight excluding hydrogens is 450 g/mol. The maximum atomic E-state index is 12.2. The maximum Gasteiger partial charge on any atom is 0.341 e. The van der Waals surface area contributed by atoms with Crippen LogP contribution >= 0.6 is 0 Å². The fraction of sp³-hybridized carbons (Fsp3) is 0.484. The quantitative estimate of drug-likeness (QED) is 0.372. The first-order valence-electron chi connectivity index (χ1n) is 13.2. The number of rotatable bonds is 8. The number of ether oxygens (including phenoxy) is 1. The van der Waals surface area contributed by atoms with Gasteiger partial charge < -0.3 is 14.4 Å². The molecule has 1 N–H and O–H groups in total. The first kappa shape index (κ1) is 32.9. The van der Waals surface area contributed by atoms with Crippen LogP contribution in [-0.4, -0.2) is 21.7 Å². The first-order chi connectivity index (χ1) is 17.1. The summed E-state index contributed by atoms with van der Waals surface area (Å²) < 4.78 is 7.79. The standard InChI is InChI=1S/C23H25NO4.C4H10.2C2H6/c1-4-11-24-14-19(23(26)27)21(25)13-20(24)16(3)12-15(2)18-7-5-6-8-22(18)28-17-9-10-17;1-4(2)3;2*1-2/h5-8,12-14,17H,2,4,9-11H2,1,3H3,(H,26,27);4H,1-3H3;2*1-2H3/b16-12+;;;. The molecule has 0 amide bonds. The molecule has 2 aromatic rings. The molecule has 0 aliphatic heterocycles. The number of aryl methyl sites for hydroxylation is 1. The molecule has 200 valence electrons. The van der Waals surface area contributed by atoms with Crippen molar-refractivity contribution in [3.8, 4) is 5.75 Å². The lowest BCUT2D eigenvalue weighted by Gasteiger charge is -2.15. The van der Waals surface area contributed by atoms with Crippen LogP contribution in [0.15, 0.2) is 54.0 Å². The van der Waals surface area contributed by atoms with Gasteiger partial charge >= 0.3 is 5.97 Å². The lowest BCUT2D eigenvalue weighted by molar-refractivity contribution is 0.0694. The summed E-state index contributed by atoms with van der Waals surface area (Å²) in [6, 6.07) is 9.19. The number of pyridine rings is 1. The molecule has 1 aromatic carbocycles. The molecule has 5 nitrogen and oxygen atoms in total. The van der Waals surface area contributed by atoms with Gasteiger partial charge in [-0.2, -0.15) is 0 Å². The Balaban J connectivity index is 0.00000137. The van der Waals surface area contributed by atoms with E-state index in [0.717, 1.165) is 47.6 Å². The predicted octanol–water partition coefficient (Wildman–Crippen LogP) is 8.33. The van der Waals surface area contributed by atoms with Crippen molar-refractivity contribution in [2.75, 3.05) is 0 Å². The summed E-state index contributed by atoms with van der Waals surface area (Å²) in [5.41, 5.74) is 2.52. The Bertz CT molecular complexity index is 1040. The highest BCUT2D eigenvalue weighted by Crippen LogP contribution is 2.33. The zero-order valence-electron chi connectivity index (χ0n) is 23.9. The lowest BCUT2D eigenvalue weighted by atomic mass is 10.0. The number of hydrogen-bond acceptors (Lipinski definition) is 3. The molecular formula is C31H47NO4. The summed E-state index contributed by atoms with van der Waals surface area (Å²) in [6.45, 7) is 23.2. The normalized spacial score (nSPS) is 12.2. The summed E-state index contributed by atoms with van der Waals surface area (Å²) in [6.07, 6.45) is 6.60. The van der Waals surface area contributed by atoms with Crippen molar-refractivity contribution in [1.82, 2.24) is 4.57 Å². The second kappa shape index (κ2) is 17.4. The molecule has 5 heteroatoms. The Morgan fingerprint density at radius 3 is 2.19 bits per heavy atom. The van der Waals surface area contributed by atoms with E-state index in [9.17, 15) is 14.7 Å². The van der Waals surface area contributed by atoms with Gasteiger partial charge in [0.05, 0.1) is 6.10 Å². The highest BCUT2D eigenvalue weighted by Gasteiger charge is 2.24.